The Kier molecular flexibility index (Phi) is 4.29. The van der Waals surface area contributed by atoms with Gasteiger partial charge in [-0.25, -0.2) is 0 Å². The van der Waals surface area contributed by atoms with Gasteiger partial charge < -0.3 is 15.2 Å². The predicted molar refractivity (Wildman–Crippen MR) is 80.1 cm³/mol. The zero-order valence-corrected chi connectivity index (χ0v) is 12.4. The van der Waals surface area contributed by atoms with Crippen LogP contribution in [0.2, 0.25) is 0 Å². The van der Waals surface area contributed by atoms with Gasteiger partial charge in [0.15, 0.2) is 17.3 Å². The highest BCUT2D eigenvalue weighted by molar-refractivity contribution is 5.98. The SMILES string of the molecule is NC(=O)C1CCN(CC(=O)c2ccc3c(c2)OCCO3)CC1. The van der Waals surface area contributed by atoms with Gasteiger partial charge in [-0.3, -0.25) is 14.5 Å². The third kappa shape index (κ3) is 3.22. The molecule has 2 heterocycles. The van der Waals surface area contributed by atoms with Crippen LogP contribution in [-0.2, 0) is 4.79 Å². The minimum absolute atomic E-state index is 0.0505. The van der Waals surface area contributed by atoms with Gasteiger partial charge in [-0.1, -0.05) is 0 Å². The molecule has 0 radical (unpaired) electrons. The maximum atomic E-state index is 12.4. The molecular formula is C16H20N2O4. The van der Waals surface area contributed by atoms with Crippen LogP contribution in [0.4, 0.5) is 0 Å². The lowest BCUT2D eigenvalue weighted by atomic mass is 9.96. The number of primary amides is 1. The quantitative estimate of drug-likeness (QED) is 0.834. The van der Waals surface area contributed by atoms with Crippen molar-refractivity contribution in [2.75, 3.05) is 32.8 Å². The van der Waals surface area contributed by atoms with Crippen LogP contribution in [0.25, 0.3) is 0 Å². The number of hydrogen-bond donors (Lipinski definition) is 1. The first kappa shape index (κ1) is 14.8. The van der Waals surface area contributed by atoms with Crippen LogP contribution >= 0.6 is 0 Å². The van der Waals surface area contributed by atoms with Crippen molar-refractivity contribution in [2.45, 2.75) is 12.8 Å². The number of Topliss-reactive ketones (excluding diaryl/α,β-unsaturated/α-hetero) is 1. The second-order valence-corrected chi connectivity index (χ2v) is 5.73. The third-order valence-corrected chi connectivity index (χ3v) is 4.22. The number of nitrogens with zero attached hydrogens (tertiary/aromatic N) is 1. The largest absolute Gasteiger partial charge is 0.486 e. The Morgan fingerprint density at radius 2 is 1.82 bits per heavy atom. The normalized spacial score (nSPS) is 18.9. The molecule has 22 heavy (non-hydrogen) atoms. The zero-order chi connectivity index (χ0) is 15.5. The molecule has 0 aliphatic carbocycles. The first-order valence-corrected chi connectivity index (χ1v) is 7.58. The second-order valence-electron chi connectivity index (χ2n) is 5.73. The van der Waals surface area contributed by atoms with E-state index in [-0.39, 0.29) is 17.6 Å². The summed E-state index contributed by atoms with van der Waals surface area (Å²) in [5.74, 6) is 1.07. The molecule has 2 aliphatic rings. The highest BCUT2D eigenvalue weighted by Crippen LogP contribution is 2.31. The molecule has 0 bridgehead atoms. The molecule has 2 N–H and O–H groups in total. The summed E-state index contributed by atoms with van der Waals surface area (Å²) >= 11 is 0. The van der Waals surface area contributed by atoms with E-state index in [2.05, 4.69) is 4.90 Å². The van der Waals surface area contributed by atoms with E-state index in [9.17, 15) is 9.59 Å². The fourth-order valence-corrected chi connectivity index (χ4v) is 2.89. The lowest BCUT2D eigenvalue weighted by Crippen LogP contribution is -2.40. The Morgan fingerprint density at radius 1 is 1.14 bits per heavy atom. The summed E-state index contributed by atoms with van der Waals surface area (Å²) in [5, 5.41) is 0. The molecule has 0 atom stereocenters. The van der Waals surface area contributed by atoms with Crippen LogP contribution in [0.15, 0.2) is 18.2 Å². The number of likely N-dealkylation sites (tertiary alicyclic amines) is 1. The van der Waals surface area contributed by atoms with Crippen molar-refractivity contribution in [3.8, 4) is 11.5 Å². The van der Waals surface area contributed by atoms with Gasteiger partial charge >= 0.3 is 0 Å². The molecule has 0 aromatic heterocycles. The second kappa shape index (κ2) is 6.36. The van der Waals surface area contributed by atoms with E-state index in [0.29, 0.717) is 36.8 Å². The predicted octanol–water partition coefficient (Wildman–Crippen LogP) is 0.838. The van der Waals surface area contributed by atoms with E-state index in [1.165, 1.54) is 0 Å². The van der Waals surface area contributed by atoms with Gasteiger partial charge in [-0.2, -0.15) is 0 Å². The summed E-state index contributed by atoms with van der Waals surface area (Å²) in [6, 6.07) is 5.29. The van der Waals surface area contributed by atoms with Gasteiger partial charge in [-0.05, 0) is 44.1 Å². The highest BCUT2D eigenvalue weighted by Gasteiger charge is 2.25. The summed E-state index contributed by atoms with van der Waals surface area (Å²) in [4.78, 5) is 25.6. The Bertz CT molecular complexity index is 580. The molecular weight excluding hydrogens is 284 g/mol. The van der Waals surface area contributed by atoms with E-state index < -0.39 is 0 Å². The number of nitrogens with two attached hydrogens (primary N) is 1. The van der Waals surface area contributed by atoms with E-state index in [0.717, 1.165) is 25.9 Å². The van der Waals surface area contributed by atoms with Gasteiger partial charge in [0.05, 0.1) is 6.54 Å². The highest BCUT2D eigenvalue weighted by atomic mass is 16.6. The summed E-state index contributed by atoms with van der Waals surface area (Å²) in [6.45, 7) is 2.85. The maximum Gasteiger partial charge on any atom is 0.220 e. The number of carbonyl (C=O) groups excluding carboxylic acids is 2. The van der Waals surface area contributed by atoms with Crippen LogP contribution in [0.3, 0.4) is 0 Å². The van der Waals surface area contributed by atoms with Gasteiger partial charge in [0.2, 0.25) is 5.91 Å². The number of benzene rings is 1. The van der Waals surface area contributed by atoms with Crippen molar-refractivity contribution >= 4 is 11.7 Å². The minimum atomic E-state index is -0.238. The lowest BCUT2D eigenvalue weighted by Gasteiger charge is -2.29. The molecule has 1 aromatic rings. The van der Waals surface area contributed by atoms with Crippen molar-refractivity contribution in [2.24, 2.45) is 11.7 Å². The van der Waals surface area contributed by atoms with Gasteiger partial charge in [0.25, 0.3) is 0 Å². The molecule has 6 nitrogen and oxygen atoms in total. The fourth-order valence-electron chi connectivity index (χ4n) is 2.89. The Hall–Kier alpha value is -2.08. The standard InChI is InChI=1S/C16H20N2O4/c17-16(20)11-3-5-18(6-4-11)10-13(19)12-1-2-14-15(9-12)22-8-7-21-14/h1-2,9,11H,3-8,10H2,(H2,17,20). The van der Waals surface area contributed by atoms with Crippen LogP contribution < -0.4 is 15.2 Å². The molecule has 0 unspecified atom stereocenters. The molecule has 1 amide bonds. The van der Waals surface area contributed by atoms with Crippen LogP contribution in [-0.4, -0.2) is 49.4 Å². The van der Waals surface area contributed by atoms with Gasteiger partial charge in [-0.15, -0.1) is 0 Å². The number of rotatable bonds is 4. The Balaban J connectivity index is 1.59. The van der Waals surface area contributed by atoms with Crippen LogP contribution in [0.5, 0.6) is 11.5 Å². The summed E-state index contributed by atoms with van der Waals surface area (Å²) in [7, 11) is 0. The van der Waals surface area contributed by atoms with E-state index >= 15 is 0 Å². The monoisotopic (exact) mass is 304 g/mol. The molecule has 118 valence electrons. The molecule has 1 aromatic carbocycles. The zero-order valence-electron chi connectivity index (χ0n) is 12.4. The number of amides is 1. The minimum Gasteiger partial charge on any atom is -0.486 e. The molecule has 1 fully saturated rings. The number of carbonyl (C=O) groups is 2. The smallest absolute Gasteiger partial charge is 0.220 e. The summed E-state index contributed by atoms with van der Waals surface area (Å²) < 4.78 is 11.0. The van der Waals surface area contributed by atoms with Crippen LogP contribution in [0.1, 0.15) is 23.2 Å². The van der Waals surface area contributed by atoms with E-state index in [4.69, 9.17) is 15.2 Å². The molecule has 2 aliphatic heterocycles. The first-order chi connectivity index (χ1) is 10.6. The van der Waals surface area contributed by atoms with Crippen molar-refractivity contribution < 1.29 is 19.1 Å². The van der Waals surface area contributed by atoms with Crippen molar-refractivity contribution in [1.29, 1.82) is 0 Å². The first-order valence-electron chi connectivity index (χ1n) is 7.58. The van der Waals surface area contributed by atoms with Crippen LogP contribution in [0, 0.1) is 5.92 Å². The molecule has 0 saturated carbocycles. The van der Waals surface area contributed by atoms with E-state index in [1.54, 1.807) is 18.2 Å². The molecule has 0 spiro atoms. The maximum absolute atomic E-state index is 12.4. The Morgan fingerprint density at radius 3 is 2.50 bits per heavy atom. The summed E-state index contributed by atoms with van der Waals surface area (Å²) in [5.41, 5.74) is 5.95. The Labute approximate surface area is 129 Å². The molecule has 1 saturated heterocycles. The topological polar surface area (TPSA) is 81.9 Å². The average Bonchev–Trinajstić information content (AvgIpc) is 2.55. The number of ketones is 1. The fraction of sp³-hybridized carbons (Fsp3) is 0.500. The molecule has 3 rings (SSSR count). The number of fused-ring (bicyclic) bond motifs is 1. The van der Waals surface area contributed by atoms with Gasteiger partial charge in [0, 0.05) is 11.5 Å². The van der Waals surface area contributed by atoms with Crippen molar-refractivity contribution in [1.82, 2.24) is 4.90 Å². The van der Waals surface area contributed by atoms with Crippen molar-refractivity contribution in [3.05, 3.63) is 23.8 Å². The number of ether oxygens (including phenoxy) is 2. The lowest BCUT2D eigenvalue weighted by molar-refractivity contribution is -0.123. The third-order valence-electron chi connectivity index (χ3n) is 4.22. The number of hydrogen-bond acceptors (Lipinski definition) is 5. The number of piperidine rings is 1. The van der Waals surface area contributed by atoms with Crippen molar-refractivity contribution in [3.63, 3.8) is 0 Å². The van der Waals surface area contributed by atoms with Gasteiger partial charge in [0.1, 0.15) is 13.2 Å². The summed E-state index contributed by atoms with van der Waals surface area (Å²) in [6.07, 6.45) is 1.45. The molecule has 6 heteroatoms. The van der Waals surface area contributed by atoms with E-state index in [1.807, 2.05) is 0 Å². The average molecular weight is 304 g/mol.